The van der Waals surface area contributed by atoms with Crippen LogP contribution in [0.3, 0.4) is 0 Å². The number of anilines is 1. The van der Waals surface area contributed by atoms with Gasteiger partial charge in [0, 0.05) is 12.6 Å². The summed E-state index contributed by atoms with van der Waals surface area (Å²) in [6.45, 7) is 2.24. The van der Waals surface area contributed by atoms with Crippen molar-refractivity contribution in [2.75, 3.05) is 18.5 Å². The van der Waals surface area contributed by atoms with Crippen LogP contribution in [0.5, 0.6) is 0 Å². The van der Waals surface area contributed by atoms with Crippen LogP contribution in [0.4, 0.5) is 5.69 Å². The molecule has 0 atom stereocenters. The summed E-state index contributed by atoms with van der Waals surface area (Å²) in [6, 6.07) is 10.0. The van der Waals surface area contributed by atoms with E-state index in [-0.39, 0.29) is 12.5 Å². The highest BCUT2D eigenvalue weighted by molar-refractivity contribution is 7.13. The van der Waals surface area contributed by atoms with Crippen LogP contribution in [0.25, 0.3) is 0 Å². The monoisotopic (exact) mass is 270 g/mol. The zero-order chi connectivity index (χ0) is 13.4. The quantitative estimate of drug-likeness (QED) is 0.784. The number of benzene rings is 1. The Morgan fingerprint density at radius 1 is 1.26 bits per heavy atom. The van der Waals surface area contributed by atoms with Gasteiger partial charge in [0.25, 0.3) is 0 Å². The first-order chi connectivity index (χ1) is 9.18. The lowest BCUT2D eigenvalue weighted by Crippen LogP contribution is -2.27. The first-order valence-corrected chi connectivity index (χ1v) is 7.01. The maximum absolute atomic E-state index is 12.0. The van der Waals surface area contributed by atoms with Crippen LogP contribution >= 0.6 is 11.3 Å². The maximum Gasteiger partial charge on any atom is 0.248 e. The number of rotatable bonds is 1. The molecule has 1 aromatic heterocycles. The molecule has 1 aromatic carbocycles. The highest BCUT2D eigenvalue weighted by atomic mass is 32.1. The van der Waals surface area contributed by atoms with Gasteiger partial charge in [0.15, 0.2) is 0 Å². The molecule has 1 aliphatic heterocycles. The molecule has 0 saturated carbocycles. The first-order valence-electron chi connectivity index (χ1n) is 6.13. The Morgan fingerprint density at radius 2 is 2.00 bits per heavy atom. The Balaban J connectivity index is 2.21. The van der Waals surface area contributed by atoms with E-state index < -0.39 is 0 Å². The topological polar surface area (TPSA) is 32.7 Å². The van der Waals surface area contributed by atoms with Gasteiger partial charge in [-0.1, -0.05) is 30.3 Å². The van der Waals surface area contributed by atoms with Crippen LogP contribution < -0.4 is 4.90 Å². The fourth-order valence-corrected chi connectivity index (χ4v) is 3.40. The lowest BCUT2D eigenvalue weighted by Gasteiger charge is -2.16. The van der Waals surface area contributed by atoms with Gasteiger partial charge < -0.3 is 4.90 Å². The van der Waals surface area contributed by atoms with Crippen molar-refractivity contribution < 1.29 is 4.79 Å². The highest BCUT2D eigenvalue weighted by Crippen LogP contribution is 2.34. The van der Waals surface area contributed by atoms with Crippen LogP contribution in [-0.2, 0) is 4.79 Å². The summed E-state index contributed by atoms with van der Waals surface area (Å²) in [5.41, 5.74) is 4.11. The molecule has 3 rings (SSSR count). The van der Waals surface area contributed by atoms with Crippen molar-refractivity contribution in [2.24, 2.45) is 4.99 Å². The van der Waals surface area contributed by atoms with Gasteiger partial charge in [0.2, 0.25) is 5.91 Å². The Bertz CT molecular complexity index is 658. The van der Waals surface area contributed by atoms with Crippen molar-refractivity contribution in [3.8, 4) is 0 Å². The second-order valence-corrected chi connectivity index (χ2v) is 5.46. The molecule has 1 aliphatic rings. The normalized spacial score (nSPS) is 14.9. The second-order valence-electron chi connectivity index (χ2n) is 4.58. The van der Waals surface area contributed by atoms with Crippen molar-refractivity contribution in [3.05, 3.63) is 51.7 Å². The first kappa shape index (κ1) is 12.1. The third kappa shape index (κ3) is 1.98. The highest BCUT2D eigenvalue weighted by Gasteiger charge is 2.25. The molecular formula is C15H14N2OS. The molecule has 0 spiro atoms. The molecule has 0 bridgehead atoms. The van der Waals surface area contributed by atoms with Crippen LogP contribution in [-0.4, -0.2) is 25.2 Å². The minimum absolute atomic E-state index is 0.0358. The minimum atomic E-state index is 0.0358. The molecule has 0 unspecified atom stereocenters. The molecule has 19 heavy (non-hydrogen) atoms. The van der Waals surface area contributed by atoms with E-state index >= 15 is 0 Å². The molecule has 2 aromatic rings. The van der Waals surface area contributed by atoms with E-state index in [2.05, 4.69) is 10.4 Å². The van der Waals surface area contributed by atoms with E-state index in [1.54, 1.807) is 16.2 Å². The number of carbonyl (C=O) groups is 1. The average molecular weight is 270 g/mol. The number of thiophene rings is 1. The van der Waals surface area contributed by atoms with E-state index in [0.29, 0.717) is 0 Å². The van der Waals surface area contributed by atoms with Gasteiger partial charge in [0.1, 0.15) is 6.54 Å². The molecule has 0 saturated heterocycles. The number of hydrogen-bond acceptors (Lipinski definition) is 3. The molecule has 2 heterocycles. The number of fused-ring (bicyclic) bond motifs is 1. The molecule has 0 aliphatic carbocycles. The predicted octanol–water partition coefficient (Wildman–Crippen LogP) is 2.87. The molecular weight excluding hydrogens is 256 g/mol. The van der Waals surface area contributed by atoms with E-state index in [4.69, 9.17) is 0 Å². The molecule has 4 heteroatoms. The fraction of sp³-hybridized carbons (Fsp3) is 0.200. The second kappa shape index (κ2) is 4.63. The van der Waals surface area contributed by atoms with Crippen molar-refractivity contribution in [1.82, 2.24) is 0 Å². The van der Waals surface area contributed by atoms with Gasteiger partial charge in [0.05, 0.1) is 16.3 Å². The lowest BCUT2D eigenvalue weighted by atomic mass is 10.1. The summed E-state index contributed by atoms with van der Waals surface area (Å²) < 4.78 is 0. The Morgan fingerprint density at radius 3 is 2.74 bits per heavy atom. The third-order valence-corrected chi connectivity index (χ3v) is 4.38. The molecule has 0 fully saturated rings. The van der Waals surface area contributed by atoms with Gasteiger partial charge >= 0.3 is 0 Å². The SMILES string of the molecule is Cc1csc2c1N(C)C(=O)CN=C2c1ccccc1. The average Bonchev–Trinajstić information content (AvgIpc) is 2.75. The molecule has 0 radical (unpaired) electrons. The number of amides is 1. The van der Waals surface area contributed by atoms with Crippen LogP contribution in [0.2, 0.25) is 0 Å². The Hall–Kier alpha value is -1.94. The molecule has 96 valence electrons. The van der Waals surface area contributed by atoms with E-state index in [1.807, 2.05) is 44.3 Å². The summed E-state index contributed by atoms with van der Waals surface area (Å²) in [4.78, 5) is 19.3. The van der Waals surface area contributed by atoms with Crippen LogP contribution in [0.15, 0.2) is 40.7 Å². The zero-order valence-electron chi connectivity index (χ0n) is 10.9. The van der Waals surface area contributed by atoms with Crippen molar-refractivity contribution in [2.45, 2.75) is 6.92 Å². The van der Waals surface area contributed by atoms with Gasteiger partial charge in [-0.05, 0) is 17.9 Å². The van der Waals surface area contributed by atoms with E-state index in [0.717, 1.165) is 27.4 Å². The summed E-state index contributed by atoms with van der Waals surface area (Å²) in [7, 11) is 1.82. The van der Waals surface area contributed by atoms with Crippen molar-refractivity contribution >= 4 is 28.6 Å². The Kier molecular flexibility index (Phi) is 2.95. The van der Waals surface area contributed by atoms with E-state index in [1.165, 1.54) is 0 Å². The van der Waals surface area contributed by atoms with Gasteiger partial charge in [-0.15, -0.1) is 11.3 Å². The lowest BCUT2D eigenvalue weighted by molar-refractivity contribution is -0.116. The predicted molar refractivity (Wildman–Crippen MR) is 79.4 cm³/mol. The van der Waals surface area contributed by atoms with Gasteiger partial charge in [-0.3, -0.25) is 9.79 Å². The Labute approximate surface area is 116 Å². The van der Waals surface area contributed by atoms with Crippen LogP contribution in [0, 0.1) is 6.92 Å². The zero-order valence-corrected chi connectivity index (χ0v) is 11.7. The fourth-order valence-electron chi connectivity index (χ4n) is 2.29. The van der Waals surface area contributed by atoms with Crippen LogP contribution in [0.1, 0.15) is 16.0 Å². The summed E-state index contributed by atoms with van der Waals surface area (Å²) in [6.07, 6.45) is 0. The summed E-state index contributed by atoms with van der Waals surface area (Å²) >= 11 is 1.65. The number of aliphatic imine (C=N–C) groups is 1. The molecule has 3 nitrogen and oxygen atoms in total. The maximum atomic E-state index is 12.0. The van der Waals surface area contributed by atoms with Crippen molar-refractivity contribution in [3.63, 3.8) is 0 Å². The number of hydrogen-bond donors (Lipinski definition) is 0. The summed E-state index contributed by atoms with van der Waals surface area (Å²) in [5.74, 6) is 0.0358. The standard InChI is InChI=1S/C15H14N2OS/c1-10-9-19-15-13(11-6-4-3-5-7-11)16-8-12(18)17(2)14(10)15/h3-7,9H,8H2,1-2H3. The van der Waals surface area contributed by atoms with Gasteiger partial charge in [-0.2, -0.15) is 0 Å². The third-order valence-electron chi connectivity index (χ3n) is 3.29. The summed E-state index contributed by atoms with van der Waals surface area (Å²) in [5, 5.41) is 2.08. The van der Waals surface area contributed by atoms with Crippen molar-refractivity contribution in [1.29, 1.82) is 0 Å². The number of likely N-dealkylation sites (N-methyl/N-ethyl adjacent to an activating group) is 1. The number of carbonyl (C=O) groups excluding carboxylic acids is 1. The number of nitrogens with zero attached hydrogens (tertiary/aromatic N) is 2. The smallest absolute Gasteiger partial charge is 0.248 e. The minimum Gasteiger partial charge on any atom is -0.312 e. The molecule has 1 amide bonds. The van der Waals surface area contributed by atoms with E-state index in [9.17, 15) is 4.79 Å². The number of aryl methyl sites for hydroxylation is 1. The largest absolute Gasteiger partial charge is 0.312 e. The van der Waals surface area contributed by atoms with Gasteiger partial charge in [-0.25, -0.2) is 0 Å². The molecule has 0 N–H and O–H groups in total.